The van der Waals surface area contributed by atoms with Gasteiger partial charge in [0.15, 0.2) is 0 Å². The molecule has 4 atom stereocenters. The van der Waals surface area contributed by atoms with E-state index in [-0.39, 0.29) is 23.9 Å². The van der Waals surface area contributed by atoms with Crippen molar-refractivity contribution in [2.45, 2.75) is 51.4 Å². The van der Waals surface area contributed by atoms with Crippen LogP contribution in [-0.2, 0) is 16.1 Å². The summed E-state index contributed by atoms with van der Waals surface area (Å²) in [6, 6.07) is 14.2. The molecule has 10 nitrogen and oxygen atoms in total. The monoisotopic (exact) mass is 576 g/mol. The lowest BCUT2D eigenvalue weighted by Crippen LogP contribution is -2.52. The second-order valence-electron chi connectivity index (χ2n) is 12.2. The van der Waals surface area contributed by atoms with Gasteiger partial charge in [0.1, 0.15) is 24.2 Å². The molecule has 0 unspecified atom stereocenters. The molecule has 10 heteroatoms. The zero-order chi connectivity index (χ0) is 29.4. The highest BCUT2D eigenvalue weighted by atomic mass is 16.5. The van der Waals surface area contributed by atoms with Gasteiger partial charge in [0, 0.05) is 17.0 Å². The fourth-order valence-corrected chi connectivity index (χ4v) is 6.92. The number of nitrogens with one attached hydrogen (secondary N) is 3. The van der Waals surface area contributed by atoms with E-state index in [1.165, 1.54) is 7.11 Å². The van der Waals surface area contributed by atoms with Crippen molar-refractivity contribution >= 4 is 33.8 Å². The smallest absolute Gasteiger partial charge is 0.407 e. The van der Waals surface area contributed by atoms with Crippen LogP contribution in [0.25, 0.3) is 44.2 Å². The number of hydrogen-bond acceptors (Lipinski definition) is 6. The highest BCUT2D eigenvalue weighted by molar-refractivity contribution is 6.07. The number of H-pyrrole nitrogens is 2. The van der Waals surface area contributed by atoms with Crippen LogP contribution in [0.1, 0.15) is 44.1 Å². The van der Waals surface area contributed by atoms with Gasteiger partial charge in [-0.05, 0) is 71.0 Å². The highest BCUT2D eigenvalue weighted by Crippen LogP contribution is 2.53. The van der Waals surface area contributed by atoms with E-state index in [1.807, 2.05) is 24.9 Å². The van der Waals surface area contributed by atoms with Crippen LogP contribution < -0.4 is 10.1 Å². The summed E-state index contributed by atoms with van der Waals surface area (Å²) in [7, 11) is 1.31. The summed E-state index contributed by atoms with van der Waals surface area (Å²) in [5.41, 5.74) is 7.19. The fraction of sp³-hybridized carbons (Fsp3) is 0.333. The first-order valence-electron chi connectivity index (χ1n) is 14.8. The maximum atomic E-state index is 13.8. The molecule has 3 aromatic carbocycles. The van der Waals surface area contributed by atoms with Crippen molar-refractivity contribution in [3.8, 4) is 28.1 Å². The fourth-order valence-electron chi connectivity index (χ4n) is 6.92. The predicted molar refractivity (Wildman–Crippen MR) is 161 cm³/mol. The summed E-state index contributed by atoms with van der Waals surface area (Å²) in [5, 5.41) is 4.83. The number of carbonyl (C=O) groups excluding carboxylic acids is 2. The van der Waals surface area contributed by atoms with E-state index in [2.05, 4.69) is 62.7 Å². The van der Waals surface area contributed by atoms with E-state index < -0.39 is 12.1 Å². The molecule has 2 fully saturated rings. The first kappa shape index (κ1) is 25.8. The molecule has 1 aliphatic carbocycles. The Morgan fingerprint density at radius 3 is 2.79 bits per heavy atom. The second-order valence-corrected chi connectivity index (χ2v) is 12.2. The minimum absolute atomic E-state index is 0.0851. The molecule has 1 saturated heterocycles. The Morgan fingerprint density at radius 1 is 1.12 bits per heavy atom. The molecule has 0 bridgehead atoms. The lowest BCUT2D eigenvalue weighted by molar-refractivity contribution is -0.136. The molecule has 0 radical (unpaired) electrons. The largest absolute Gasteiger partial charge is 0.488 e. The van der Waals surface area contributed by atoms with Gasteiger partial charge in [0.2, 0.25) is 5.91 Å². The maximum Gasteiger partial charge on any atom is 0.407 e. The Kier molecular flexibility index (Phi) is 5.76. The SMILES string of the molecule is COC(=O)N[C@H](C(=O)N1[C@@H]2C[C@@H]2C[C@H]1c1nc2c(ccc3cc4c(cc32)OCc2cc(-c3cnc[nH]3)ccc2-4)[nH]1)C(C)C. The Labute approximate surface area is 247 Å². The Balaban J connectivity index is 1.15. The lowest BCUT2D eigenvalue weighted by atomic mass is 9.92. The van der Waals surface area contributed by atoms with Crippen molar-refractivity contribution in [2.24, 2.45) is 11.8 Å². The molecule has 43 heavy (non-hydrogen) atoms. The number of amides is 2. The average molecular weight is 577 g/mol. The minimum Gasteiger partial charge on any atom is -0.488 e. The number of hydrogen-bond donors (Lipinski definition) is 3. The predicted octanol–water partition coefficient (Wildman–Crippen LogP) is 5.71. The van der Waals surface area contributed by atoms with Crippen LogP contribution in [0, 0.1) is 11.8 Å². The highest BCUT2D eigenvalue weighted by Gasteiger charge is 2.56. The van der Waals surface area contributed by atoms with Crippen LogP contribution in [0.2, 0.25) is 0 Å². The number of ether oxygens (including phenoxy) is 2. The standard InChI is InChI=1S/C33H32N6O4/c1-16(2)29(38-33(41)42-3)32(40)39-26-10-19(26)11-27(39)31-36-24-7-5-17-9-23-21-6-4-18(25-13-34-15-35-25)8-20(21)14-43-28(23)12-22(17)30(24)37-31/h4-9,12-13,15-16,19,26-27,29H,10-11,14H2,1-3H3,(H,34,35)(H,36,37)(H,38,41)/t19-,26-,27+,29+/m1/s1. The second kappa shape index (κ2) is 9.58. The molecule has 2 aliphatic heterocycles. The van der Waals surface area contributed by atoms with Crippen LogP contribution in [0.3, 0.4) is 0 Å². The lowest BCUT2D eigenvalue weighted by Gasteiger charge is -2.31. The number of rotatable bonds is 5. The number of carbonyl (C=O) groups is 2. The molecule has 3 N–H and O–H groups in total. The minimum atomic E-state index is -0.665. The molecule has 3 aliphatic rings. The van der Waals surface area contributed by atoms with Gasteiger partial charge in [-0.2, -0.15) is 0 Å². The number of methoxy groups -OCH3 is 1. The van der Waals surface area contributed by atoms with Gasteiger partial charge in [-0.1, -0.05) is 32.0 Å². The third-order valence-electron chi connectivity index (χ3n) is 9.24. The number of alkyl carbamates (subject to hydrolysis) is 1. The number of fused-ring (bicyclic) bond motifs is 7. The molecule has 5 aromatic rings. The summed E-state index contributed by atoms with van der Waals surface area (Å²) >= 11 is 0. The third kappa shape index (κ3) is 4.15. The summed E-state index contributed by atoms with van der Waals surface area (Å²) in [5.74, 6) is 1.90. The molecule has 2 amide bonds. The first-order valence-corrected chi connectivity index (χ1v) is 14.8. The third-order valence-corrected chi connectivity index (χ3v) is 9.24. The van der Waals surface area contributed by atoms with Crippen LogP contribution in [0.5, 0.6) is 5.75 Å². The number of aromatic nitrogens is 4. The molecule has 4 heterocycles. The van der Waals surface area contributed by atoms with Crippen LogP contribution in [-0.4, -0.2) is 56.0 Å². The Bertz CT molecular complexity index is 1910. The van der Waals surface area contributed by atoms with E-state index >= 15 is 0 Å². The van der Waals surface area contributed by atoms with Crippen molar-refractivity contribution in [3.63, 3.8) is 0 Å². The summed E-state index contributed by atoms with van der Waals surface area (Å²) in [6.45, 7) is 4.34. The van der Waals surface area contributed by atoms with E-state index in [9.17, 15) is 9.59 Å². The normalized spacial score (nSPS) is 20.8. The van der Waals surface area contributed by atoms with E-state index in [1.54, 1.807) is 6.33 Å². The first-order chi connectivity index (χ1) is 20.9. The van der Waals surface area contributed by atoms with Crippen LogP contribution in [0.15, 0.2) is 55.0 Å². The number of aromatic amines is 2. The van der Waals surface area contributed by atoms with Crippen LogP contribution >= 0.6 is 0 Å². The Morgan fingerprint density at radius 2 is 2.00 bits per heavy atom. The van der Waals surface area contributed by atoms with Crippen molar-refractivity contribution in [3.05, 3.63) is 66.4 Å². The van der Waals surface area contributed by atoms with Crippen molar-refractivity contribution in [1.82, 2.24) is 30.2 Å². The molecular formula is C33H32N6O4. The van der Waals surface area contributed by atoms with Gasteiger partial charge < -0.3 is 29.7 Å². The summed E-state index contributed by atoms with van der Waals surface area (Å²) in [4.78, 5) is 43.7. The number of likely N-dealkylation sites (tertiary alicyclic amines) is 1. The van der Waals surface area contributed by atoms with Gasteiger partial charge in [-0.25, -0.2) is 14.8 Å². The number of imidazole rings is 2. The van der Waals surface area contributed by atoms with Crippen molar-refractivity contribution in [1.29, 1.82) is 0 Å². The summed E-state index contributed by atoms with van der Waals surface area (Å²) < 4.78 is 11.1. The zero-order valence-corrected chi connectivity index (χ0v) is 24.2. The number of nitrogens with zero attached hydrogens (tertiary/aromatic N) is 3. The van der Waals surface area contributed by atoms with E-state index in [4.69, 9.17) is 14.5 Å². The quantitative estimate of drug-likeness (QED) is 0.246. The Hall–Kier alpha value is -4.86. The average Bonchev–Trinajstić information content (AvgIpc) is 3.40. The zero-order valence-electron chi connectivity index (χ0n) is 24.2. The van der Waals surface area contributed by atoms with Gasteiger partial charge in [-0.15, -0.1) is 0 Å². The molecule has 8 rings (SSSR count). The van der Waals surface area contributed by atoms with Crippen molar-refractivity contribution in [2.75, 3.05) is 7.11 Å². The van der Waals surface area contributed by atoms with E-state index in [0.717, 1.165) is 74.2 Å². The van der Waals surface area contributed by atoms with Crippen LogP contribution in [0.4, 0.5) is 4.79 Å². The molecule has 0 spiro atoms. The molecular weight excluding hydrogens is 544 g/mol. The van der Waals surface area contributed by atoms with Gasteiger partial charge in [0.25, 0.3) is 0 Å². The van der Waals surface area contributed by atoms with Gasteiger partial charge in [0.05, 0.1) is 42.4 Å². The number of benzene rings is 3. The molecule has 2 aromatic heterocycles. The van der Waals surface area contributed by atoms with Gasteiger partial charge in [-0.3, -0.25) is 4.79 Å². The summed E-state index contributed by atoms with van der Waals surface area (Å²) in [6.07, 6.45) is 4.75. The maximum absolute atomic E-state index is 13.8. The van der Waals surface area contributed by atoms with Gasteiger partial charge >= 0.3 is 6.09 Å². The number of piperidine rings is 1. The molecule has 218 valence electrons. The topological polar surface area (TPSA) is 125 Å². The van der Waals surface area contributed by atoms with E-state index in [0.29, 0.717) is 12.5 Å². The molecule has 1 saturated carbocycles. The van der Waals surface area contributed by atoms with Crippen molar-refractivity contribution < 1.29 is 19.1 Å².